The summed E-state index contributed by atoms with van der Waals surface area (Å²) < 4.78 is 0. The van der Waals surface area contributed by atoms with Crippen molar-refractivity contribution in [2.24, 2.45) is 0 Å². The van der Waals surface area contributed by atoms with E-state index in [4.69, 9.17) is 10.8 Å². The molecule has 35 heavy (non-hydrogen) atoms. The molecule has 2 atom stereocenters. The molecule has 176 valence electrons. The predicted octanol–water partition coefficient (Wildman–Crippen LogP) is -1.28. The van der Waals surface area contributed by atoms with Crippen LogP contribution in [-0.4, -0.2) is 129 Å². The van der Waals surface area contributed by atoms with Crippen LogP contribution in [-0.2, 0) is 9.59 Å². The van der Waals surface area contributed by atoms with Crippen LogP contribution in [0.5, 0.6) is 0 Å². The fraction of sp³-hybridized carbons (Fsp3) is 0.350. The number of benzene rings is 1. The molecule has 0 spiro atoms. The average Bonchev–Trinajstić information content (AvgIpc) is 3.20. The van der Waals surface area contributed by atoms with Gasteiger partial charge in [0.2, 0.25) is 5.95 Å². The summed E-state index contributed by atoms with van der Waals surface area (Å²) in [5, 5.41) is 23.4. The molecule has 1 unspecified atom stereocenters. The smallest absolute Gasteiger partial charge is 0.326 e. The molecule has 3 heterocycles. The third-order valence-electron chi connectivity index (χ3n) is 5.65. The van der Waals surface area contributed by atoms with Crippen molar-refractivity contribution in [3.05, 3.63) is 40.2 Å². The number of nitrogen functional groups attached to an aromatic ring is 1. The second-order valence-electron chi connectivity index (χ2n) is 7.86. The number of carbonyl (C=O) groups is 3. The van der Waals surface area contributed by atoms with E-state index in [0.717, 1.165) is 5.69 Å². The van der Waals surface area contributed by atoms with Crippen LogP contribution in [0.4, 0.5) is 23.1 Å². The van der Waals surface area contributed by atoms with Crippen LogP contribution in [0.15, 0.2) is 29.1 Å². The van der Waals surface area contributed by atoms with Crippen molar-refractivity contribution in [3.8, 4) is 0 Å². The van der Waals surface area contributed by atoms with Gasteiger partial charge in [0.05, 0.1) is 12.7 Å². The van der Waals surface area contributed by atoms with Gasteiger partial charge >= 0.3 is 11.9 Å². The minimum Gasteiger partial charge on any atom is -0.481 e. The normalized spacial score (nSPS) is 16.5. The van der Waals surface area contributed by atoms with Gasteiger partial charge in [0.25, 0.3) is 11.5 Å². The number of nitrogens with zero attached hydrogens (tertiary/aromatic N) is 3. The number of carboxylic acids is 2. The molecule has 7 N–H and O–H groups in total. The van der Waals surface area contributed by atoms with E-state index in [1.165, 1.54) is 0 Å². The summed E-state index contributed by atoms with van der Waals surface area (Å²) in [6, 6.07) is 5.35. The van der Waals surface area contributed by atoms with Crippen molar-refractivity contribution in [1.82, 2.24) is 15.3 Å². The van der Waals surface area contributed by atoms with E-state index >= 15 is 0 Å². The van der Waals surface area contributed by atoms with Crippen LogP contribution in [0.3, 0.4) is 0 Å². The first-order valence-electron chi connectivity index (χ1n) is 10.2. The second kappa shape index (κ2) is 12.1. The molecular weight excluding hydrogens is 480 g/mol. The Morgan fingerprint density at radius 3 is 2.51 bits per heavy atom. The fourth-order valence-electron chi connectivity index (χ4n) is 4.00. The van der Waals surface area contributed by atoms with Crippen LogP contribution in [0.1, 0.15) is 23.2 Å². The van der Waals surface area contributed by atoms with Crippen LogP contribution in [0.2, 0.25) is 0 Å². The van der Waals surface area contributed by atoms with Gasteiger partial charge in [0.1, 0.15) is 11.7 Å². The molecule has 2 radical (unpaired) electrons. The van der Waals surface area contributed by atoms with Crippen molar-refractivity contribution in [2.75, 3.05) is 40.6 Å². The van der Waals surface area contributed by atoms with Gasteiger partial charge in [-0.05, 0) is 30.7 Å². The van der Waals surface area contributed by atoms with E-state index in [0.29, 0.717) is 31.3 Å². The number of aromatic nitrogens is 2. The molecule has 2 aliphatic rings. The Balaban J connectivity index is 0.00000216. The van der Waals surface area contributed by atoms with E-state index in [1.54, 1.807) is 24.3 Å². The van der Waals surface area contributed by atoms with Gasteiger partial charge in [-0.1, -0.05) is 0 Å². The molecule has 1 aromatic carbocycles. The first kappa shape index (κ1) is 28.9. The maximum atomic E-state index is 12.4. The first-order chi connectivity index (χ1) is 15.7. The van der Waals surface area contributed by atoms with Crippen molar-refractivity contribution >= 4 is 100 Å². The molecule has 2 aromatic rings. The number of carbonyl (C=O) groups excluding carboxylic acids is 1. The predicted molar refractivity (Wildman–Crippen MR) is 130 cm³/mol. The van der Waals surface area contributed by atoms with Gasteiger partial charge in [-0.2, -0.15) is 4.98 Å². The SMILES string of the molecule is Nc1nc2c(c(=O)[nH]1)N1CN(c3ccc(C(=O)N[C@@H](CCC(=O)O)C(=O)O)cc3)CC1CN2.[Na].[Na]. The molecule has 0 aliphatic carbocycles. The molecule has 2 aliphatic heterocycles. The number of aromatic amines is 1. The molecule has 4 rings (SSSR count). The Labute approximate surface area is 244 Å². The zero-order chi connectivity index (χ0) is 23.7. The number of fused-ring (bicyclic) bond motifs is 3. The minimum absolute atomic E-state index is 0. The van der Waals surface area contributed by atoms with Gasteiger partial charge in [-0.15, -0.1) is 0 Å². The molecule has 15 heteroatoms. The van der Waals surface area contributed by atoms with E-state index in [1.807, 2.05) is 9.80 Å². The minimum atomic E-state index is -1.30. The van der Waals surface area contributed by atoms with E-state index < -0.39 is 23.9 Å². The Bertz CT molecular complexity index is 1160. The van der Waals surface area contributed by atoms with Crippen molar-refractivity contribution in [3.63, 3.8) is 0 Å². The Hall–Kier alpha value is -2.29. The molecule has 13 nitrogen and oxygen atoms in total. The van der Waals surface area contributed by atoms with Crippen molar-refractivity contribution in [1.29, 1.82) is 0 Å². The zero-order valence-corrected chi connectivity index (χ0v) is 23.4. The fourth-order valence-corrected chi connectivity index (χ4v) is 4.00. The molecule has 1 amide bonds. The second-order valence-corrected chi connectivity index (χ2v) is 7.86. The molecular formula is C20H23N7Na2O6. The summed E-state index contributed by atoms with van der Waals surface area (Å²) in [6.45, 7) is 1.67. The van der Waals surface area contributed by atoms with Crippen LogP contribution < -0.4 is 31.7 Å². The Morgan fingerprint density at radius 2 is 1.89 bits per heavy atom. The number of rotatable bonds is 7. The summed E-state index contributed by atoms with van der Waals surface area (Å²) >= 11 is 0. The third kappa shape index (κ3) is 6.48. The zero-order valence-electron chi connectivity index (χ0n) is 19.4. The molecule has 1 aromatic heterocycles. The van der Waals surface area contributed by atoms with Gasteiger partial charge in [-0.25, -0.2) is 4.79 Å². The number of anilines is 4. The largest absolute Gasteiger partial charge is 0.481 e. The molecule has 1 saturated heterocycles. The van der Waals surface area contributed by atoms with Crippen molar-refractivity contribution < 1.29 is 24.6 Å². The average molecular weight is 503 g/mol. The number of nitrogens with one attached hydrogen (secondary N) is 3. The number of aliphatic carboxylic acids is 2. The standard InChI is InChI=1S/C20H23N7O6.2Na/c21-20-24-16-15(18(31)25-20)27-9-26(8-12(27)7-22-16)11-3-1-10(2-4-11)17(30)23-13(19(32)33)5-6-14(28)29;;/h1-4,12-13H,5-9H2,(H,23,30)(H,28,29)(H,32,33)(H4,21,22,24,25,31);;/t12?,13-;;/m0../s1. The maximum absolute atomic E-state index is 12.4. The Morgan fingerprint density at radius 1 is 1.20 bits per heavy atom. The number of hydrogen-bond acceptors (Lipinski definition) is 9. The number of hydrogen-bond donors (Lipinski definition) is 6. The van der Waals surface area contributed by atoms with Gasteiger partial charge in [0.15, 0.2) is 5.82 Å². The first-order valence-corrected chi connectivity index (χ1v) is 10.2. The number of carboxylic acid groups (broad SMARTS) is 2. The summed E-state index contributed by atoms with van der Waals surface area (Å²) in [5.41, 5.74) is 6.81. The van der Waals surface area contributed by atoms with Gasteiger partial charge < -0.3 is 36.4 Å². The summed E-state index contributed by atoms with van der Waals surface area (Å²) in [7, 11) is 0. The number of amides is 1. The van der Waals surface area contributed by atoms with E-state index in [-0.39, 0.29) is 95.1 Å². The summed E-state index contributed by atoms with van der Waals surface area (Å²) in [4.78, 5) is 57.5. The van der Waals surface area contributed by atoms with Crippen LogP contribution in [0, 0.1) is 0 Å². The van der Waals surface area contributed by atoms with E-state index in [9.17, 15) is 24.3 Å². The summed E-state index contributed by atoms with van der Waals surface area (Å²) in [6.07, 6.45) is -0.583. The number of H-pyrrole nitrogens is 1. The molecule has 0 bridgehead atoms. The quantitative estimate of drug-likeness (QED) is 0.246. The molecule has 0 saturated carbocycles. The number of nitrogens with two attached hydrogens (primary N) is 1. The van der Waals surface area contributed by atoms with Crippen LogP contribution in [0.25, 0.3) is 0 Å². The van der Waals surface area contributed by atoms with Crippen molar-refractivity contribution in [2.45, 2.75) is 24.9 Å². The summed E-state index contributed by atoms with van der Waals surface area (Å²) in [5.74, 6) is -2.55. The molecule has 1 fully saturated rings. The van der Waals surface area contributed by atoms with Crippen LogP contribution >= 0.6 is 0 Å². The monoisotopic (exact) mass is 503 g/mol. The maximum Gasteiger partial charge on any atom is 0.326 e. The van der Waals surface area contributed by atoms with E-state index in [2.05, 4.69) is 20.6 Å². The topological polar surface area (TPSA) is 194 Å². The third-order valence-corrected chi connectivity index (χ3v) is 5.65. The van der Waals surface area contributed by atoms with Gasteiger partial charge in [-0.3, -0.25) is 19.4 Å². The van der Waals surface area contributed by atoms with Gasteiger partial charge in [0, 0.05) is 89.9 Å². The Kier molecular flexibility index (Phi) is 10.0.